The largest absolute Gasteiger partial charge is 0.399 e. The number of nitrogens with zero attached hydrogens (tertiary/aromatic N) is 1. The number of carbonyl (C=O) groups is 1. The number of nitrogens with two attached hydrogens (primary N) is 1. The summed E-state index contributed by atoms with van der Waals surface area (Å²) in [7, 11) is 0. The van der Waals surface area contributed by atoms with Crippen LogP contribution in [-0.4, -0.2) is 34.9 Å². The van der Waals surface area contributed by atoms with Crippen LogP contribution >= 0.6 is 11.8 Å². The zero-order valence-electron chi connectivity index (χ0n) is 10.8. The summed E-state index contributed by atoms with van der Waals surface area (Å²) in [5.74, 6) is 2.37. The molecule has 18 heavy (non-hydrogen) atoms. The van der Waals surface area contributed by atoms with E-state index in [0.29, 0.717) is 12.5 Å². The van der Waals surface area contributed by atoms with E-state index in [1.165, 1.54) is 0 Å². The van der Waals surface area contributed by atoms with Crippen molar-refractivity contribution < 1.29 is 4.79 Å². The summed E-state index contributed by atoms with van der Waals surface area (Å²) in [5.41, 5.74) is 7.74. The van der Waals surface area contributed by atoms with Gasteiger partial charge in [-0.15, -0.1) is 0 Å². The first-order valence-corrected chi connectivity index (χ1v) is 7.54. The number of benzene rings is 1. The van der Waals surface area contributed by atoms with Crippen LogP contribution < -0.4 is 5.73 Å². The molecule has 1 fully saturated rings. The number of rotatable bonds is 3. The van der Waals surface area contributed by atoms with Crippen LogP contribution in [0, 0.1) is 0 Å². The highest BCUT2D eigenvalue weighted by molar-refractivity contribution is 7.99. The van der Waals surface area contributed by atoms with Crippen molar-refractivity contribution in [2.24, 2.45) is 0 Å². The van der Waals surface area contributed by atoms with Crippen LogP contribution in [0.15, 0.2) is 24.3 Å². The van der Waals surface area contributed by atoms with E-state index in [2.05, 4.69) is 6.92 Å². The predicted molar refractivity (Wildman–Crippen MR) is 77.7 cm³/mol. The Balaban J connectivity index is 1.90. The Morgan fingerprint density at radius 3 is 3.00 bits per heavy atom. The van der Waals surface area contributed by atoms with E-state index in [1.807, 2.05) is 40.9 Å². The average Bonchev–Trinajstić information content (AvgIpc) is 2.38. The van der Waals surface area contributed by atoms with Gasteiger partial charge >= 0.3 is 0 Å². The Morgan fingerprint density at radius 2 is 2.28 bits per heavy atom. The fourth-order valence-electron chi connectivity index (χ4n) is 2.24. The molecule has 1 unspecified atom stereocenters. The molecule has 2 N–H and O–H groups in total. The lowest BCUT2D eigenvalue weighted by atomic mass is 10.1. The SMILES string of the molecule is CC1CSCCN1C(=O)CCc1ccccc1N. The molecule has 1 aliphatic rings. The third-order valence-corrected chi connectivity index (χ3v) is 4.54. The number of para-hydroxylation sites is 1. The van der Waals surface area contributed by atoms with Gasteiger partial charge in [-0.3, -0.25) is 4.79 Å². The molecular weight excluding hydrogens is 244 g/mol. The first-order chi connectivity index (χ1) is 8.68. The van der Waals surface area contributed by atoms with E-state index >= 15 is 0 Å². The van der Waals surface area contributed by atoms with Crippen LogP contribution in [0.25, 0.3) is 0 Å². The lowest BCUT2D eigenvalue weighted by Crippen LogP contribution is -2.44. The van der Waals surface area contributed by atoms with Crippen LogP contribution in [0.1, 0.15) is 18.9 Å². The van der Waals surface area contributed by atoms with Gasteiger partial charge in [-0.2, -0.15) is 11.8 Å². The van der Waals surface area contributed by atoms with Crippen LogP contribution in [0.3, 0.4) is 0 Å². The fraction of sp³-hybridized carbons (Fsp3) is 0.500. The molecule has 1 aromatic carbocycles. The van der Waals surface area contributed by atoms with Crippen molar-refractivity contribution in [2.45, 2.75) is 25.8 Å². The molecule has 1 heterocycles. The van der Waals surface area contributed by atoms with E-state index in [-0.39, 0.29) is 5.91 Å². The molecule has 0 aliphatic carbocycles. The molecule has 3 nitrogen and oxygen atoms in total. The number of nitrogen functional groups attached to an aromatic ring is 1. The smallest absolute Gasteiger partial charge is 0.223 e. The first-order valence-electron chi connectivity index (χ1n) is 6.39. The predicted octanol–water partition coefficient (Wildman–Crippen LogP) is 2.17. The fourth-order valence-corrected chi connectivity index (χ4v) is 3.26. The first kappa shape index (κ1) is 13.3. The topological polar surface area (TPSA) is 46.3 Å². The van der Waals surface area contributed by atoms with E-state index in [9.17, 15) is 4.79 Å². The Bertz CT molecular complexity index is 422. The second-order valence-corrected chi connectivity index (χ2v) is 5.86. The molecule has 1 amide bonds. The molecule has 2 rings (SSSR count). The van der Waals surface area contributed by atoms with Crippen molar-refractivity contribution in [3.8, 4) is 0 Å². The minimum Gasteiger partial charge on any atom is -0.399 e. The highest BCUT2D eigenvalue weighted by atomic mass is 32.2. The van der Waals surface area contributed by atoms with Crippen molar-refractivity contribution in [3.05, 3.63) is 29.8 Å². The van der Waals surface area contributed by atoms with Gasteiger partial charge in [0.1, 0.15) is 0 Å². The number of amides is 1. The van der Waals surface area contributed by atoms with Crippen molar-refractivity contribution >= 4 is 23.4 Å². The third-order valence-electron chi connectivity index (χ3n) is 3.35. The zero-order valence-corrected chi connectivity index (χ0v) is 11.6. The average molecular weight is 264 g/mol. The maximum Gasteiger partial charge on any atom is 0.223 e. The molecule has 0 radical (unpaired) electrons. The Morgan fingerprint density at radius 1 is 1.50 bits per heavy atom. The van der Waals surface area contributed by atoms with E-state index < -0.39 is 0 Å². The van der Waals surface area contributed by atoms with Gasteiger partial charge < -0.3 is 10.6 Å². The summed E-state index contributed by atoms with van der Waals surface area (Å²) >= 11 is 1.93. The van der Waals surface area contributed by atoms with Crippen molar-refractivity contribution in [1.82, 2.24) is 4.90 Å². The van der Waals surface area contributed by atoms with Crippen molar-refractivity contribution in [1.29, 1.82) is 0 Å². The lowest BCUT2D eigenvalue weighted by Gasteiger charge is -2.33. The van der Waals surface area contributed by atoms with Gasteiger partial charge in [-0.25, -0.2) is 0 Å². The molecule has 98 valence electrons. The number of hydrogen-bond donors (Lipinski definition) is 1. The summed E-state index contributed by atoms with van der Waals surface area (Å²) in [4.78, 5) is 14.2. The Hall–Kier alpha value is -1.16. The van der Waals surface area contributed by atoms with Crippen LogP contribution in [0.2, 0.25) is 0 Å². The highest BCUT2D eigenvalue weighted by Gasteiger charge is 2.22. The molecule has 0 bridgehead atoms. The van der Waals surface area contributed by atoms with Crippen molar-refractivity contribution in [2.75, 3.05) is 23.8 Å². The minimum absolute atomic E-state index is 0.256. The van der Waals surface area contributed by atoms with Crippen LogP contribution in [0.5, 0.6) is 0 Å². The van der Waals surface area contributed by atoms with Gasteiger partial charge in [0.2, 0.25) is 5.91 Å². The minimum atomic E-state index is 0.256. The van der Waals surface area contributed by atoms with Gasteiger partial charge in [0, 0.05) is 36.2 Å². The van der Waals surface area contributed by atoms with Gasteiger partial charge in [0.05, 0.1) is 0 Å². The third kappa shape index (κ3) is 3.19. The lowest BCUT2D eigenvalue weighted by molar-refractivity contribution is -0.132. The number of thioether (sulfide) groups is 1. The zero-order chi connectivity index (χ0) is 13.0. The van der Waals surface area contributed by atoms with Gasteiger partial charge in [-0.1, -0.05) is 18.2 Å². The molecule has 4 heteroatoms. The number of hydrogen-bond acceptors (Lipinski definition) is 3. The number of aryl methyl sites for hydroxylation is 1. The van der Waals surface area contributed by atoms with E-state index in [0.717, 1.165) is 35.7 Å². The molecule has 1 saturated heterocycles. The summed E-state index contributed by atoms with van der Waals surface area (Å²) in [5, 5.41) is 0. The molecule has 1 atom stereocenters. The van der Waals surface area contributed by atoms with Gasteiger partial charge in [0.15, 0.2) is 0 Å². The quantitative estimate of drug-likeness (QED) is 0.851. The van der Waals surface area contributed by atoms with E-state index in [4.69, 9.17) is 5.73 Å². The summed E-state index contributed by atoms with van der Waals surface area (Å²) < 4.78 is 0. The van der Waals surface area contributed by atoms with Crippen molar-refractivity contribution in [3.63, 3.8) is 0 Å². The molecule has 0 saturated carbocycles. The normalized spacial score (nSPS) is 19.8. The van der Waals surface area contributed by atoms with Gasteiger partial charge in [-0.05, 0) is 25.0 Å². The maximum atomic E-state index is 12.2. The Kier molecular flexibility index (Phi) is 4.53. The number of carbonyl (C=O) groups excluding carboxylic acids is 1. The van der Waals surface area contributed by atoms with E-state index in [1.54, 1.807) is 0 Å². The standard InChI is InChI=1S/C14H20N2OS/c1-11-10-18-9-8-16(11)14(17)7-6-12-4-2-3-5-13(12)15/h2-5,11H,6-10,15H2,1H3. The molecule has 0 aromatic heterocycles. The maximum absolute atomic E-state index is 12.2. The van der Waals surface area contributed by atoms with Crippen LogP contribution in [-0.2, 0) is 11.2 Å². The second kappa shape index (κ2) is 6.14. The second-order valence-electron chi connectivity index (χ2n) is 4.71. The van der Waals surface area contributed by atoms with Gasteiger partial charge in [0.25, 0.3) is 0 Å². The molecule has 0 spiro atoms. The molecule has 1 aliphatic heterocycles. The molecule has 1 aromatic rings. The summed E-state index contributed by atoms with van der Waals surface area (Å²) in [6.45, 7) is 3.01. The number of anilines is 1. The Labute approximate surface area is 113 Å². The monoisotopic (exact) mass is 264 g/mol. The molecular formula is C14H20N2OS. The summed E-state index contributed by atoms with van der Waals surface area (Å²) in [6.07, 6.45) is 1.30. The highest BCUT2D eigenvalue weighted by Crippen LogP contribution is 2.18. The van der Waals surface area contributed by atoms with Crippen LogP contribution in [0.4, 0.5) is 5.69 Å². The summed E-state index contributed by atoms with van der Waals surface area (Å²) in [6, 6.07) is 8.14.